The lowest BCUT2D eigenvalue weighted by molar-refractivity contribution is -0.117. The average molecular weight is 376 g/mol. The van der Waals surface area contributed by atoms with Gasteiger partial charge in [0.1, 0.15) is 23.9 Å². The van der Waals surface area contributed by atoms with E-state index in [1.54, 1.807) is 10.9 Å². The highest BCUT2D eigenvalue weighted by molar-refractivity contribution is 6.00. The topological polar surface area (TPSA) is 82.2 Å². The van der Waals surface area contributed by atoms with E-state index in [4.69, 9.17) is 9.15 Å². The first-order valence-electron chi connectivity index (χ1n) is 9.43. The van der Waals surface area contributed by atoms with Crippen LogP contribution < -0.4 is 10.1 Å². The van der Waals surface area contributed by atoms with Crippen molar-refractivity contribution < 1.29 is 13.9 Å². The SMILES string of the molecule is CCOc1cccc(C2C3=C(CC(c4ccco4)CC3=O)Nc3ncnn32)c1. The number of rotatable bonds is 4. The largest absolute Gasteiger partial charge is 0.494 e. The highest BCUT2D eigenvalue weighted by atomic mass is 16.5. The molecule has 7 nitrogen and oxygen atoms in total. The van der Waals surface area contributed by atoms with Crippen LogP contribution in [0.15, 0.2) is 64.7 Å². The first-order chi connectivity index (χ1) is 13.7. The number of ketones is 1. The molecule has 7 heteroatoms. The van der Waals surface area contributed by atoms with Crippen LogP contribution in [0.4, 0.5) is 5.95 Å². The van der Waals surface area contributed by atoms with Gasteiger partial charge >= 0.3 is 0 Å². The number of nitrogens with one attached hydrogen (secondary N) is 1. The van der Waals surface area contributed by atoms with E-state index in [0.29, 0.717) is 25.4 Å². The van der Waals surface area contributed by atoms with Crippen molar-refractivity contribution in [1.29, 1.82) is 0 Å². The Bertz CT molecular complexity index is 1050. The molecule has 0 fully saturated rings. The van der Waals surface area contributed by atoms with Crippen LogP contribution in [0, 0.1) is 0 Å². The molecular weight excluding hydrogens is 356 g/mol. The van der Waals surface area contributed by atoms with Crippen LogP contribution in [-0.2, 0) is 4.79 Å². The monoisotopic (exact) mass is 376 g/mol. The first-order valence-corrected chi connectivity index (χ1v) is 9.43. The minimum absolute atomic E-state index is 0.0265. The van der Waals surface area contributed by atoms with E-state index in [1.807, 2.05) is 43.3 Å². The van der Waals surface area contributed by atoms with Crippen LogP contribution in [0.5, 0.6) is 5.75 Å². The molecule has 1 aliphatic heterocycles. The molecule has 1 N–H and O–H groups in total. The molecular formula is C21H20N4O3. The van der Waals surface area contributed by atoms with E-state index >= 15 is 0 Å². The lowest BCUT2D eigenvalue weighted by Crippen LogP contribution is -2.33. The molecule has 142 valence electrons. The normalized spacial score (nSPS) is 21.1. The Morgan fingerprint density at radius 2 is 2.21 bits per heavy atom. The molecule has 1 aliphatic carbocycles. The number of ether oxygens (including phenoxy) is 1. The number of anilines is 1. The number of fused-ring (bicyclic) bond motifs is 1. The molecule has 0 spiro atoms. The van der Waals surface area contributed by atoms with E-state index in [2.05, 4.69) is 15.4 Å². The molecule has 0 amide bonds. The molecule has 28 heavy (non-hydrogen) atoms. The molecule has 2 aliphatic rings. The minimum atomic E-state index is -0.320. The second-order valence-corrected chi connectivity index (χ2v) is 7.00. The molecule has 0 saturated heterocycles. The summed E-state index contributed by atoms with van der Waals surface area (Å²) in [6, 6.07) is 11.3. The van der Waals surface area contributed by atoms with E-state index in [-0.39, 0.29) is 17.7 Å². The lowest BCUT2D eigenvalue weighted by Gasteiger charge is -2.34. The molecule has 3 heterocycles. The van der Waals surface area contributed by atoms with Crippen LogP contribution in [-0.4, -0.2) is 27.2 Å². The van der Waals surface area contributed by atoms with Crippen molar-refractivity contribution in [3.63, 3.8) is 0 Å². The first kappa shape index (κ1) is 16.8. The number of hydrogen-bond acceptors (Lipinski definition) is 6. The maximum atomic E-state index is 13.2. The molecule has 5 rings (SSSR count). The summed E-state index contributed by atoms with van der Waals surface area (Å²) in [5, 5.41) is 7.70. The molecule has 0 bridgehead atoms. The van der Waals surface area contributed by atoms with Gasteiger partial charge < -0.3 is 14.5 Å². The molecule has 1 aromatic carbocycles. The van der Waals surface area contributed by atoms with Crippen molar-refractivity contribution in [2.24, 2.45) is 0 Å². The fourth-order valence-electron chi connectivity index (χ4n) is 4.13. The number of Topliss-reactive ketones (excluding diaryl/α,β-unsaturated/α-hetero) is 1. The molecule has 2 aromatic heterocycles. The van der Waals surface area contributed by atoms with E-state index in [9.17, 15) is 4.79 Å². The summed E-state index contributed by atoms with van der Waals surface area (Å²) in [6.07, 6.45) is 4.27. The smallest absolute Gasteiger partial charge is 0.226 e. The van der Waals surface area contributed by atoms with Crippen LogP contribution in [0.1, 0.15) is 43.0 Å². The molecule has 2 unspecified atom stereocenters. The predicted molar refractivity (Wildman–Crippen MR) is 102 cm³/mol. The molecule has 3 aromatic rings. The number of benzene rings is 1. The van der Waals surface area contributed by atoms with Crippen LogP contribution in [0.25, 0.3) is 0 Å². The number of carbonyl (C=O) groups excluding carboxylic acids is 1. The Morgan fingerprint density at radius 3 is 3.04 bits per heavy atom. The number of allylic oxidation sites excluding steroid dienone is 2. The Kier molecular flexibility index (Phi) is 4.00. The summed E-state index contributed by atoms with van der Waals surface area (Å²) in [5.41, 5.74) is 2.59. The van der Waals surface area contributed by atoms with Crippen molar-refractivity contribution in [1.82, 2.24) is 14.8 Å². The van der Waals surface area contributed by atoms with E-state index in [0.717, 1.165) is 28.3 Å². The summed E-state index contributed by atoms with van der Waals surface area (Å²) in [7, 11) is 0. The van der Waals surface area contributed by atoms with Crippen LogP contribution in [0.3, 0.4) is 0 Å². The predicted octanol–water partition coefficient (Wildman–Crippen LogP) is 3.69. The van der Waals surface area contributed by atoms with Gasteiger partial charge in [-0.2, -0.15) is 10.1 Å². The molecule has 0 radical (unpaired) electrons. The zero-order chi connectivity index (χ0) is 19.1. The zero-order valence-corrected chi connectivity index (χ0v) is 15.5. The van der Waals surface area contributed by atoms with Gasteiger partial charge in [-0.25, -0.2) is 4.68 Å². The molecule has 2 atom stereocenters. The van der Waals surface area contributed by atoms with Crippen molar-refractivity contribution >= 4 is 11.7 Å². The van der Waals surface area contributed by atoms with Crippen molar-refractivity contribution in [2.45, 2.75) is 31.7 Å². The van der Waals surface area contributed by atoms with Crippen molar-refractivity contribution in [2.75, 3.05) is 11.9 Å². The van der Waals surface area contributed by atoms with Gasteiger partial charge in [-0.15, -0.1) is 0 Å². The highest BCUT2D eigenvalue weighted by Gasteiger charge is 2.39. The number of nitrogens with zero attached hydrogens (tertiary/aromatic N) is 3. The average Bonchev–Trinajstić information content (AvgIpc) is 3.38. The Balaban J connectivity index is 1.60. The fourth-order valence-corrected chi connectivity index (χ4v) is 4.13. The van der Waals surface area contributed by atoms with E-state index < -0.39 is 0 Å². The number of hydrogen-bond donors (Lipinski definition) is 1. The third kappa shape index (κ3) is 2.70. The summed E-state index contributed by atoms with van der Waals surface area (Å²) in [6.45, 7) is 2.54. The third-order valence-electron chi connectivity index (χ3n) is 5.29. The Hall–Kier alpha value is -3.35. The van der Waals surface area contributed by atoms with Gasteiger partial charge in [0.2, 0.25) is 5.95 Å². The van der Waals surface area contributed by atoms with Crippen LogP contribution in [0.2, 0.25) is 0 Å². The quantitative estimate of drug-likeness (QED) is 0.748. The lowest BCUT2D eigenvalue weighted by atomic mass is 9.79. The maximum absolute atomic E-state index is 13.2. The molecule has 0 saturated carbocycles. The second kappa shape index (κ2) is 6.67. The number of aromatic nitrogens is 3. The maximum Gasteiger partial charge on any atom is 0.226 e. The summed E-state index contributed by atoms with van der Waals surface area (Å²) in [5.74, 6) is 2.38. The van der Waals surface area contributed by atoms with Gasteiger partial charge in [-0.1, -0.05) is 12.1 Å². The summed E-state index contributed by atoms with van der Waals surface area (Å²) in [4.78, 5) is 17.6. The van der Waals surface area contributed by atoms with Gasteiger partial charge in [0, 0.05) is 23.6 Å². The highest BCUT2D eigenvalue weighted by Crippen LogP contribution is 2.44. The Labute approximate surface area is 162 Å². The van der Waals surface area contributed by atoms with Crippen LogP contribution >= 0.6 is 0 Å². The van der Waals surface area contributed by atoms with E-state index in [1.165, 1.54) is 6.33 Å². The third-order valence-corrected chi connectivity index (χ3v) is 5.29. The van der Waals surface area contributed by atoms with Gasteiger partial charge in [0.25, 0.3) is 0 Å². The summed E-state index contributed by atoms with van der Waals surface area (Å²) >= 11 is 0. The van der Waals surface area contributed by atoms with Gasteiger partial charge in [-0.3, -0.25) is 4.79 Å². The number of furan rings is 1. The van der Waals surface area contributed by atoms with Crippen molar-refractivity contribution in [3.8, 4) is 5.75 Å². The fraction of sp³-hybridized carbons (Fsp3) is 0.286. The zero-order valence-electron chi connectivity index (χ0n) is 15.5. The minimum Gasteiger partial charge on any atom is -0.494 e. The standard InChI is InChI=1S/C21H20N4O3/c1-2-27-15-6-3-5-13(9-15)20-19-16(24-21-22-12-23-25(20)21)10-14(11-17(19)26)18-7-4-8-28-18/h3-9,12,14,20H,2,10-11H2,1H3,(H,22,23,24). The van der Waals surface area contributed by atoms with Crippen molar-refractivity contribution in [3.05, 3.63) is 71.6 Å². The second-order valence-electron chi connectivity index (χ2n) is 7.00. The Morgan fingerprint density at radius 1 is 1.29 bits per heavy atom. The van der Waals surface area contributed by atoms with Gasteiger partial charge in [-0.05, 0) is 43.2 Å². The number of carbonyl (C=O) groups is 1. The van der Waals surface area contributed by atoms with Gasteiger partial charge in [0.15, 0.2) is 5.78 Å². The van der Waals surface area contributed by atoms with Gasteiger partial charge in [0.05, 0.1) is 12.9 Å². The summed E-state index contributed by atoms with van der Waals surface area (Å²) < 4.78 is 13.0.